The van der Waals surface area contributed by atoms with Gasteiger partial charge in [0, 0.05) is 23.8 Å². The standard InChI is InChI=1S/C21H20ClN5O2S/c1-27-18(13-23-19(28)12-11-15-7-5-6-10-17(15)22)25-26-21(27)30-14-20(29)24-16-8-3-2-4-9-16/h2-12H,13-14H2,1H3,(H,23,28)(H,24,29)/b12-11+. The SMILES string of the molecule is Cn1c(CNC(=O)/C=C/c2ccccc2Cl)nnc1SCC(=O)Nc1ccccc1. The van der Waals surface area contributed by atoms with Gasteiger partial charge in [-0.1, -0.05) is 59.8 Å². The van der Waals surface area contributed by atoms with Gasteiger partial charge in [0.05, 0.1) is 12.3 Å². The maximum atomic E-state index is 12.1. The first-order chi connectivity index (χ1) is 14.5. The van der Waals surface area contributed by atoms with E-state index in [9.17, 15) is 9.59 Å². The molecule has 0 fully saturated rings. The van der Waals surface area contributed by atoms with E-state index in [1.165, 1.54) is 17.8 Å². The summed E-state index contributed by atoms with van der Waals surface area (Å²) < 4.78 is 1.75. The number of nitrogens with zero attached hydrogens (tertiary/aromatic N) is 3. The Morgan fingerprint density at radius 1 is 1.10 bits per heavy atom. The van der Waals surface area contributed by atoms with Crippen LogP contribution in [0.5, 0.6) is 0 Å². The molecular formula is C21H20ClN5O2S. The zero-order valence-corrected chi connectivity index (χ0v) is 17.8. The molecule has 0 spiro atoms. The summed E-state index contributed by atoms with van der Waals surface area (Å²) in [6.45, 7) is 0.214. The third-order valence-electron chi connectivity index (χ3n) is 4.06. The molecule has 0 saturated heterocycles. The third-order valence-corrected chi connectivity index (χ3v) is 5.42. The Balaban J connectivity index is 1.48. The van der Waals surface area contributed by atoms with Crippen molar-refractivity contribution in [2.24, 2.45) is 7.05 Å². The number of para-hydroxylation sites is 1. The molecule has 0 aliphatic carbocycles. The van der Waals surface area contributed by atoms with Crippen LogP contribution < -0.4 is 10.6 Å². The van der Waals surface area contributed by atoms with Crippen molar-refractivity contribution in [3.63, 3.8) is 0 Å². The van der Waals surface area contributed by atoms with E-state index in [4.69, 9.17) is 11.6 Å². The Morgan fingerprint density at radius 2 is 1.83 bits per heavy atom. The Hall–Kier alpha value is -3.10. The highest BCUT2D eigenvalue weighted by Gasteiger charge is 2.12. The monoisotopic (exact) mass is 441 g/mol. The van der Waals surface area contributed by atoms with Gasteiger partial charge < -0.3 is 15.2 Å². The number of rotatable bonds is 8. The van der Waals surface area contributed by atoms with Gasteiger partial charge in [0.25, 0.3) is 0 Å². The quantitative estimate of drug-likeness (QED) is 0.412. The van der Waals surface area contributed by atoms with Gasteiger partial charge in [-0.25, -0.2) is 0 Å². The molecule has 0 atom stereocenters. The Labute approximate surface area is 183 Å². The average Bonchev–Trinajstić information content (AvgIpc) is 3.10. The van der Waals surface area contributed by atoms with Crippen molar-refractivity contribution in [3.8, 4) is 0 Å². The predicted octanol–water partition coefficient (Wildman–Crippen LogP) is 3.53. The molecular weight excluding hydrogens is 422 g/mol. The number of halogens is 1. The molecule has 3 aromatic rings. The lowest BCUT2D eigenvalue weighted by Crippen LogP contribution is -2.22. The predicted molar refractivity (Wildman–Crippen MR) is 119 cm³/mol. The number of amides is 2. The topological polar surface area (TPSA) is 88.9 Å². The highest BCUT2D eigenvalue weighted by Crippen LogP contribution is 2.17. The van der Waals surface area contributed by atoms with Gasteiger partial charge >= 0.3 is 0 Å². The molecule has 30 heavy (non-hydrogen) atoms. The minimum absolute atomic E-state index is 0.131. The summed E-state index contributed by atoms with van der Waals surface area (Å²) in [4.78, 5) is 24.1. The molecule has 0 bridgehead atoms. The van der Waals surface area contributed by atoms with Gasteiger partial charge in [-0.2, -0.15) is 0 Å². The molecule has 154 valence electrons. The Morgan fingerprint density at radius 3 is 2.60 bits per heavy atom. The van der Waals surface area contributed by atoms with E-state index >= 15 is 0 Å². The number of aromatic nitrogens is 3. The number of thioether (sulfide) groups is 1. The highest BCUT2D eigenvalue weighted by molar-refractivity contribution is 7.99. The van der Waals surface area contributed by atoms with Crippen LogP contribution in [0, 0.1) is 0 Å². The average molecular weight is 442 g/mol. The molecule has 7 nitrogen and oxygen atoms in total. The molecule has 0 radical (unpaired) electrons. The largest absolute Gasteiger partial charge is 0.345 e. The minimum atomic E-state index is -0.269. The van der Waals surface area contributed by atoms with Crippen LogP contribution in [0.15, 0.2) is 65.8 Å². The van der Waals surface area contributed by atoms with E-state index in [0.29, 0.717) is 16.0 Å². The van der Waals surface area contributed by atoms with Crippen LogP contribution in [-0.2, 0) is 23.2 Å². The van der Waals surface area contributed by atoms with Crippen molar-refractivity contribution in [1.82, 2.24) is 20.1 Å². The van der Waals surface area contributed by atoms with Crippen molar-refractivity contribution in [2.45, 2.75) is 11.7 Å². The van der Waals surface area contributed by atoms with Crippen LogP contribution in [0.2, 0.25) is 5.02 Å². The lowest BCUT2D eigenvalue weighted by molar-refractivity contribution is -0.116. The second kappa shape index (κ2) is 10.6. The van der Waals surface area contributed by atoms with E-state index in [2.05, 4.69) is 20.8 Å². The van der Waals surface area contributed by atoms with Gasteiger partial charge in [-0.05, 0) is 29.8 Å². The Bertz CT molecular complexity index is 1050. The Kier molecular flexibility index (Phi) is 7.64. The fourth-order valence-corrected chi connectivity index (χ4v) is 3.40. The summed E-state index contributed by atoms with van der Waals surface area (Å²) >= 11 is 7.34. The number of anilines is 1. The van der Waals surface area contributed by atoms with Gasteiger partial charge in [-0.15, -0.1) is 10.2 Å². The molecule has 0 saturated carbocycles. The summed E-state index contributed by atoms with van der Waals surface area (Å²) in [5.41, 5.74) is 1.51. The van der Waals surface area contributed by atoms with Crippen LogP contribution >= 0.6 is 23.4 Å². The minimum Gasteiger partial charge on any atom is -0.345 e. The highest BCUT2D eigenvalue weighted by atomic mass is 35.5. The van der Waals surface area contributed by atoms with Crippen LogP contribution in [0.3, 0.4) is 0 Å². The maximum absolute atomic E-state index is 12.1. The van der Waals surface area contributed by atoms with Gasteiger partial charge in [0.2, 0.25) is 11.8 Å². The number of hydrogen-bond donors (Lipinski definition) is 2. The van der Waals surface area contributed by atoms with E-state index in [0.717, 1.165) is 11.3 Å². The summed E-state index contributed by atoms with van der Waals surface area (Å²) in [6, 6.07) is 16.5. The molecule has 0 aliphatic rings. The molecule has 1 aromatic heterocycles. The van der Waals surface area contributed by atoms with Gasteiger partial charge in [0.15, 0.2) is 11.0 Å². The number of benzene rings is 2. The zero-order valence-electron chi connectivity index (χ0n) is 16.2. The molecule has 3 rings (SSSR count). The lowest BCUT2D eigenvalue weighted by atomic mass is 10.2. The van der Waals surface area contributed by atoms with Crippen molar-refractivity contribution in [2.75, 3.05) is 11.1 Å². The van der Waals surface area contributed by atoms with Crippen molar-refractivity contribution in [3.05, 3.63) is 77.1 Å². The fraction of sp³-hybridized carbons (Fsp3) is 0.143. The first kappa shape index (κ1) is 21.6. The van der Waals surface area contributed by atoms with Gasteiger partial charge in [0.1, 0.15) is 0 Å². The number of carbonyl (C=O) groups excluding carboxylic acids is 2. The van der Waals surface area contributed by atoms with E-state index in [-0.39, 0.29) is 24.1 Å². The molecule has 2 aromatic carbocycles. The molecule has 2 amide bonds. The normalized spacial score (nSPS) is 10.9. The number of carbonyl (C=O) groups is 2. The van der Waals surface area contributed by atoms with Crippen molar-refractivity contribution in [1.29, 1.82) is 0 Å². The van der Waals surface area contributed by atoms with E-state index in [1.807, 2.05) is 48.5 Å². The first-order valence-electron chi connectivity index (χ1n) is 9.09. The van der Waals surface area contributed by atoms with E-state index in [1.54, 1.807) is 23.8 Å². The molecule has 2 N–H and O–H groups in total. The smallest absolute Gasteiger partial charge is 0.244 e. The summed E-state index contributed by atoms with van der Waals surface area (Å²) in [5, 5.41) is 14.9. The summed E-state index contributed by atoms with van der Waals surface area (Å²) in [5.74, 6) is 0.386. The zero-order chi connectivity index (χ0) is 21.3. The molecule has 9 heteroatoms. The van der Waals surface area contributed by atoms with Crippen LogP contribution in [0.4, 0.5) is 5.69 Å². The first-order valence-corrected chi connectivity index (χ1v) is 10.5. The van der Waals surface area contributed by atoms with Gasteiger partial charge in [-0.3, -0.25) is 9.59 Å². The fourth-order valence-electron chi connectivity index (χ4n) is 2.47. The summed E-state index contributed by atoms with van der Waals surface area (Å²) in [6.07, 6.45) is 3.07. The molecule has 1 heterocycles. The van der Waals surface area contributed by atoms with Crippen LogP contribution in [-0.4, -0.2) is 32.3 Å². The summed E-state index contributed by atoms with van der Waals surface area (Å²) in [7, 11) is 1.79. The number of nitrogens with one attached hydrogen (secondary N) is 2. The van der Waals surface area contributed by atoms with Crippen LogP contribution in [0.1, 0.15) is 11.4 Å². The second-order valence-electron chi connectivity index (χ2n) is 6.23. The van der Waals surface area contributed by atoms with Crippen LogP contribution in [0.25, 0.3) is 6.08 Å². The second-order valence-corrected chi connectivity index (χ2v) is 7.58. The lowest BCUT2D eigenvalue weighted by Gasteiger charge is -2.06. The molecule has 0 aliphatic heterocycles. The van der Waals surface area contributed by atoms with E-state index < -0.39 is 0 Å². The van der Waals surface area contributed by atoms with Crippen molar-refractivity contribution >= 4 is 46.9 Å². The maximum Gasteiger partial charge on any atom is 0.244 e. The van der Waals surface area contributed by atoms with Crippen molar-refractivity contribution < 1.29 is 9.59 Å². The molecule has 0 unspecified atom stereocenters. The third kappa shape index (κ3) is 6.20. The number of hydrogen-bond acceptors (Lipinski definition) is 5.